The molecule has 0 aliphatic heterocycles. The first-order valence-corrected chi connectivity index (χ1v) is 5.49. The highest BCUT2D eigenvalue weighted by molar-refractivity contribution is 7.85. The van der Waals surface area contributed by atoms with E-state index >= 15 is 0 Å². The van der Waals surface area contributed by atoms with Crippen LogP contribution in [-0.2, 0) is 10.1 Å². The molecular weight excluding hydrogens is 243 g/mol. The Bertz CT molecular complexity index is 501. The van der Waals surface area contributed by atoms with Crippen LogP contribution in [0.1, 0.15) is 0 Å². The average Bonchev–Trinajstić information content (AvgIpc) is 2.06. The van der Waals surface area contributed by atoms with E-state index in [-0.39, 0.29) is 10.8 Å². The van der Waals surface area contributed by atoms with E-state index in [1.165, 1.54) is 0 Å². The smallest absolute Gasteiger partial charge is 0.294 e. The molecule has 0 aliphatic carbocycles. The number of hydrogen-bond donors (Lipinski definition) is 3. The van der Waals surface area contributed by atoms with Gasteiger partial charge in [-0.15, -0.1) is 0 Å². The highest BCUT2D eigenvalue weighted by Crippen LogP contribution is 2.19. The van der Waals surface area contributed by atoms with Crippen molar-refractivity contribution < 1.29 is 17.4 Å². The molecule has 0 spiro atoms. The molecule has 8 heteroatoms. The maximum atomic E-state index is 13.1. The second kappa shape index (κ2) is 4.09. The van der Waals surface area contributed by atoms with Gasteiger partial charge in [0.1, 0.15) is 5.82 Å². The molecule has 0 aromatic heterocycles. The van der Waals surface area contributed by atoms with Gasteiger partial charge < -0.3 is 11.1 Å². The van der Waals surface area contributed by atoms with Crippen molar-refractivity contribution in [2.45, 2.75) is 4.90 Å². The van der Waals surface area contributed by atoms with Crippen LogP contribution in [-0.4, -0.2) is 18.1 Å². The molecule has 0 atom stereocenters. The number of hydrogen-bond acceptors (Lipinski definition) is 3. The van der Waals surface area contributed by atoms with E-state index in [9.17, 15) is 12.8 Å². The molecule has 82 valence electrons. The first kappa shape index (κ1) is 11.8. The van der Waals surface area contributed by atoms with Crippen molar-refractivity contribution in [2.24, 2.45) is 5.73 Å². The van der Waals surface area contributed by atoms with Gasteiger partial charge in [0.25, 0.3) is 10.1 Å². The summed E-state index contributed by atoms with van der Waals surface area (Å²) in [6.07, 6.45) is 0. The van der Waals surface area contributed by atoms with E-state index < -0.39 is 20.8 Å². The fourth-order valence-corrected chi connectivity index (χ4v) is 1.51. The molecule has 1 aromatic rings. The van der Waals surface area contributed by atoms with Crippen LogP contribution in [0.2, 0.25) is 0 Å². The normalized spacial score (nSPS) is 11.1. The summed E-state index contributed by atoms with van der Waals surface area (Å²) >= 11 is 4.46. The van der Waals surface area contributed by atoms with Gasteiger partial charge in [0.2, 0.25) is 0 Å². The molecule has 1 rings (SSSR count). The van der Waals surface area contributed by atoms with Crippen LogP contribution in [0.4, 0.5) is 10.1 Å². The summed E-state index contributed by atoms with van der Waals surface area (Å²) in [5.74, 6) is -0.727. The van der Waals surface area contributed by atoms with Crippen molar-refractivity contribution in [2.75, 3.05) is 5.32 Å². The first-order chi connectivity index (χ1) is 6.80. The molecule has 0 unspecified atom stereocenters. The molecule has 0 fully saturated rings. The monoisotopic (exact) mass is 250 g/mol. The van der Waals surface area contributed by atoms with E-state index in [4.69, 9.17) is 10.3 Å². The van der Waals surface area contributed by atoms with E-state index in [1.807, 2.05) is 0 Å². The lowest BCUT2D eigenvalue weighted by Gasteiger charge is -2.06. The minimum absolute atomic E-state index is 0.207. The Labute approximate surface area is 90.8 Å². The minimum atomic E-state index is -4.37. The lowest BCUT2D eigenvalue weighted by molar-refractivity contribution is 0.483. The molecule has 0 saturated heterocycles. The Hall–Kier alpha value is -1.25. The summed E-state index contributed by atoms with van der Waals surface area (Å²) in [5, 5.41) is 2.04. The molecule has 15 heavy (non-hydrogen) atoms. The number of rotatable bonds is 2. The highest BCUT2D eigenvalue weighted by atomic mass is 32.2. The van der Waals surface area contributed by atoms with Gasteiger partial charge in [-0.1, -0.05) is 0 Å². The standard InChI is InChI=1S/C7H7FN2O3S2/c8-5-2-1-4(15(11,12)13)3-6(5)10-7(9)14/h1-3H,(H3,9,10,14)(H,11,12,13). The van der Waals surface area contributed by atoms with Crippen molar-refractivity contribution in [3.05, 3.63) is 24.0 Å². The van der Waals surface area contributed by atoms with E-state index in [0.717, 1.165) is 18.2 Å². The third kappa shape index (κ3) is 3.11. The summed E-state index contributed by atoms with van der Waals surface area (Å²) in [7, 11) is -4.37. The zero-order valence-corrected chi connectivity index (χ0v) is 8.90. The summed E-state index contributed by atoms with van der Waals surface area (Å²) < 4.78 is 43.2. The van der Waals surface area contributed by atoms with Gasteiger partial charge >= 0.3 is 0 Å². The van der Waals surface area contributed by atoms with Gasteiger partial charge in [-0.25, -0.2) is 4.39 Å². The summed E-state index contributed by atoms with van der Waals surface area (Å²) in [5.41, 5.74) is 4.88. The fraction of sp³-hybridized carbons (Fsp3) is 0. The Morgan fingerprint density at radius 3 is 2.60 bits per heavy atom. The Morgan fingerprint density at radius 2 is 2.13 bits per heavy atom. The molecule has 0 radical (unpaired) electrons. The lowest BCUT2D eigenvalue weighted by Crippen LogP contribution is -2.20. The average molecular weight is 250 g/mol. The first-order valence-electron chi connectivity index (χ1n) is 3.64. The van der Waals surface area contributed by atoms with Gasteiger partial charge in [-0.2, -0.15) is 8.42 Å². The van der Waals surface area contributed by atoms with Crippen LogP contribution >= 0.6 is 12.2 Å². The Balaban J connectivity index is 3.23. The van der Waals surface area contributed by atoms with Crippen molar-refractivity contribution in [1.29, 1.82) is 0 Å². The lowest BCUT2D eigenvalue weighted by atomic mass is 10.3. The van der Waals surface area contributed by atoms with Crippen LogP contribution in [0, 0.1) is 5.82 Å². The second-order valence-electron chi connectivity index (χ2n) is 2.61. The maximum Gasteiger partial charge on any atom is 0.294 e. The van der Waals surface area contributed by atoms with Crippen LogP contribution < -0.4 is 11.1 Å². The number of anilines is 1. The Morgan fingerprint density at radius 1 is 1.53 bits per heavy atom. The molecule has 0 heterocycles. The zero-order chi connectivity index (χ0) is 11.6. The van der Waals surface area contributed by atoms with Gasteiger partial charge in [0.05, 0.1) is 10.6 Å². The van der Waals surface area contributed by atoms with Gasteiger partial charge in [-0.3, -0.25) is 4.55 Å². The largest absolute Gasteiger partial charge is 0.376 e. The van der Waals surface area contributed by atoms with Crippen molar-refractivity contribution in [1.82, 2.24) is 0 Å². The van der Waals surface area contributed by atoms with Crippen LogP contribution in [0.3, 0.4) is 0 Å². The molecule has 0 saturated carbocycles. The van der Waals surface area contributed by atoms with E-state index in [1.54, 1.807) is 0 Å². The van der Waals surface area contributed by atoms with Gasteiger partial charge in [-0.05, 0) is 30.4 Å². The third-order valence-electron chi connectivity index (χ3n) is 1.49. The van der Waals surface area contributed by atoms with Crippen LogP contribution in [0.25, 0.3) is 0 Å². The van der Waals surface area contributed by atoms with Crippen LogP contribution in [0.5, 0.6) is 0 Å². The molecular formula is C7H7FN2O3S2. The molecule has 1 aromatic carbocycles. The predicted octanol–water partition coefficient (Wildman–Crippen LogP) is 0.728. The minimum Gasteiger partial charge on any atom is -0.376 e. The Kier molecular flexibility index (Phi) is 3.22. The SMILES string of the molecule is NC(=S)Nc1cc(S(=O)(=O)O)ccc1F. The number of halogens is 1. The quantitative estimate of drug-likeness (QED) is 0.529. The summed E-state index contributed by atoms with van der Waals surface area (Å²) in [6, 6.07) is 2.70. The van der Waals surface area contributed by atoms with Gasteiger partial charge in [0.15, 0.2) is 5.11 Å². The number of thiocarbonyl (C=S) groups is 1. The number of benzene rings is 1. The predicted molar refractivity (Wildman–Crippen MR) is 56.6 cm³/mol. The van der Waals surface area contributed by atoms with E-state index in [2.05, 4.69) is 17.5 Å². The molecule has 0 bridgehead atoms. The summed E-state index contributed by atoms with van der Waals surface area (Å²) in [6.45, 7) is 0. The molecule has 0 amide bonds. The van der Waals surface area contributed by atoms with Gasteiger partial charge in [0, 0.05) is 0 Å². The zero-order valence-electron chi connectivity index (χ0n) is 7.27. The second-order valence-corrected chi connectivity index (χ2v) is 4.47. The van der Waals surface area contributed by atoms with Crippen molar-refractivity contribution >= 4 is 33.1 Å². The van der Waals surface area contributed by atoms with Crippen molar-refractivity contribution in [3.8, 4) is 0 Å². The summed E-state index contributed by atoms with van der Waals surface area (Å²) in [4.78, 5) is -0.442. The fourth-order valence-electron chi connectivity index (χ4n) is 0.893. The molecule has 4 N–H and O–H groups in total. The molecule has 5 nitrogen and oxygen atoms in total. The third-order valence-corrected chi connectivity index (χ3v) is 2.45. The highest BCUT2D eigenvalue weighted by Gasteiger charge is 2.12. The maximum absolute atomic E-state index is 13.1. The van der Waals surface area contributed by atoms with E-state index in [0.29, 0.717) is 0 Å². The van der Waals surface area contributed by atoms with Crippen LogP contribution in [0.15, 0.2) is 23.1 Å². The number of nitrogens with one attached hydrogen (secondary N) is 1. The molecule has 0 aliphatic rings. The topological polar surface area (TPSA) is 92.4 Å². The number of nitrogens with two attached hydrogens (primary N) is 1. The van der Waals surface area contributed by atoms with Crippen molar-refractivity contribution in [3.63, 3.8) is 0 Å².